The van der Waals surface area contributed by atoms with Crippen molar-refractivity contribution in [2.24, 2.45) is 0 Å². The second kappa shape index (κ2) is 6.85. The van der Waals surface area contributed by atoms with Crippen molar-refractivity contribution in [3.63, 3.8) is 0 Å². The molecule has 1 atom stereocenters. The Balaban J connectivity index is 2.27. The highest BCUT2D eigenvalue weighted by Crippen LogP contribution is 2.40. The van der Waals surface area contributed by atoms with Crippen LogP contribution in [-0.4, -0.2) is 14.6 Å². The Morgan fingerprint density at radius 3 is 2.30 bits per heavy atom. The van der Waals surface area contributed by atoms with Crippen LogP contribution < -0.4 is 0 Å². The van der Waals surface area contributed by atoms with E-state index in [2.05, 4.69) is 46.0 Å². The fourth-order valence-electron chi connectivity index (χ4n) is 2.18. The first-order chi connectivity index (χ1) is 10.7. The summed E-state index contributed by atoms with van der Waals surface area (Å²) in [5, 5.41) is 0.136. The van der Waals surface area contributed by atoms with Gasteiger partial charge in [0.2, 0.25) is 0 Å². The van der Waals surface area contributed by atoms with E-state index in [1.165, 1.54) is 0 Å². The van der Waals surface area contributed by atoms with Crippen LogP contribution in [0.2, 0.25) is 18.1 Å². The molecule has 0 saturated carbocycles. The van der Waals surface area contributed by atoms with E-state index in [-0.39, 0.29) is 11.1 Å². The predicted octanol–water partition coefficient (Wildman–Crippen LogP) is 5.40. The molecule has 0 spiro atoms. The number of carbonyl (C=O) groups is 1. The lowest BCUT2D eigenvalue weighted by atomic mass is 10.1. The van der Waals surface area contributed by atoms with Crippen molar-refractivity contribution < 1.29 is 13.6 Å². The van der Waals surface area contributed by atoms with E-state index in [1.54, 1.807) is 6.07 Å². The highest BCUT2D eigenvalue weighted by molar-refractivity contribution is 6.74. The lowest BCUT2D eigenvalue weighted by molar-refractivity contribution is 0.109. The summed E-state index contributed by atoms with van der Waals surface area (Å²) < 4.78 is 12.2. The van der Waals surface area contributed by atoms with E-state index in [0.29, 0.717) is 12.2 Å². The lowest BCUT2D eigenvalue weighted by Gasteiger charge is -2.39. The van der Waals surface area contributed by atoms with Crippen molar-refractivity contribution in [3.8, 4) is 0 Å². The molecular weight excluding hydrogens is 304 g/mol. The number of benzene rings is 1. The van der Waals surface area contributed by atoms with E-state index >= 15 is 0 Å². The molecule has 0 amide bonds. The van der Waals surface area contributed by atoms with Gasteiger partial charge in [-0.15, -0.1) is 0 Å². The number of furan rings is 1. The van der Waals surface area contributed by atoms with E-state index in [9.17, 15) is 4.79 Å². The topological polar surface area (TPSA) is 39.4 Å². The third-order valence-corrected chi connectivity index (χ3v) is 9.09. The SMILES string of the molecule is CC(C)(C)[Si](C)(C)OC(Cc1ccc(C=O)o1)c1ccccc1. The molecular formula is C19H26O3Si. The molecule has 124 valence electrons. The van der Waals surface area contributed by atoms with Gasteiger partial charge in [0.05, 0.1) is 6.10 Å². The van der Waals surface area contributed by atoms with Crippen LogP contribution in [0.5, 0.6) is 0 Å². The standard InChI is InChI=1S/C19H26O3Si/c1-19(2,3)23(4,5)22-18(15-9-7-6-8-10-15)13-16-11-12-17(14-20)21-16/h6-12,14,18H,13H2,1-5H3. The molecule has 0 aliphatic carbocycles. The number of rotatable bonds is 6. The monoisotopic (exact) mass is 330 g/mol. The van der Waals surface area contributed by atoms with E-state index in [1.807, 2.05) is 24.3 Å². The summed E-state index contributed by atoms with van der Waals surface area (Å²) in [5.74, 6) is 1.14. The van der Waals surface area contributed by atoms with Crippen LogP contribution >= 0.6 is 0 Å². The highest BCUT2D eigenvalue weighted by Gasteiger charge is 2.39. The van der Waals surface area contributed by atoms with Crippen molar-refractivity contribution in [1.82, 2.24) is 0 Å². The smallest absolute Gasteiger partial charge is 0.192 e. The first kappa shape index (κ1) is 17.7. The third kappa shape index (κ3) is 4.42. The van der Waals surface area contributed by atoms with Gasteiger partial charge in [0.1, 0.15) is 5.76 Å². The summed E-state index contributed by atoms with van der Waals surface area (Å²) in [6.45, 7) is 11.2. The Labute approximate surface area is 139 Å². The zero-order valence-electron chi connectivity index (χ0n) is 14.6. The molecule has 23 heavy (non-hydrogen) atoms. The van der Waals surface area contributed by atoms with Crippen LogP contribution in [0.25, 0.3) is 0 Å². The van der Waals surface area contributed by atoms with Crippen molar-refractivity contribution in [2.75, 3.05) is 0 Å². The summed E-state index contributed by atoms with van der Waals surface area (Å²) in [4.78, 5) is 10.8. The maximum absolute atomic E-state index is 10.8. The van der Waals surface area contributed by atoms with Gasteiger partial charge in [0.15, 0.2) is 20.4 Å². The van der Waals surface area contributed by atoms with Crippen LogP contribution in [0, 0.1) is 0 Å². The predicted molar refractivity (Wildman–Crippen MR) is 95.3 cm³/mol. The van der Waals surface area contributed by atoms with E-state index in [0.717, 1.165) is 17.6 Å². The molecule has 3 nitrogen and oxygen atoms in total. The van der Waals surface area contributed by atoms with Gasteiger partial charge in [0.25, 0.3) is 0 Å². The van der Waals surface area contributed by atoms with E-state index in [4.69, 9.17) is 8.84 Å². The molecule has 2 aromatic rings. The Morgan fingerprint density at radius 1 is 1.13 bits per heavy atom. The lowest BCUT2D eigenvalue weighted by Crippen LogP contribution is -2.42. The minimum atomic E-state index is -1.92. The second-order valence-electron chi connectivity index (χ2n) is 7.40. The summed E-state index contributed by atoms with van der Waals surface area (Å²) in [6.07, 6.45) is 1.29. The molecule has 1 heterocycles. The van der Waals surface area contributed by atoms with Gasteiger partial charge in [-0.25, -0.2) is 0 Å². The minimum Gasteiger partial charge on any atom is -0.458 e. The van der Waals surface area contributed by atoms with Crippen LogP contribution in [0.15, 0.2) is 46.9 Å². The number of hydrogen-bond acceptors (Lipinski definition) is 3. The average molecular weight is 330 g/mol. The van der Waals surface area contributed by atoms with Crippen LogP contribution in [0.4, 0.5) is 0 Å². The third-order valence-electron chi connectivity index (χ3n) is 4.60. The Morgan fingerprint density at radius 2 is 1.78 bits per heavy atom. The van der Waals surface area contributed by atoms with Crippen molar-refractivity contribution in [1.29, 1.82) is 0 Å². The van der Waals surface area contributed by atoms with Crippen LogP contribution in [-0.2, 0) is 10.8 Å². The van der Waals surface area contributed by atoms with Crippen molar-refractivity contribution in [3.05, 3.63) is 59.5 Å². The van der Waals surface area contributed by atoms with Crippen LogP contribution in [0.1, 0.15) is 48.8 Å². The quantitative estimate of drug-likeness (QED) is 0.526. The molecule has 0 aliphatic rings. The molecule has 0 aliphatic heterocycles. The zero-order valence-corrected chi connectivity index (χ0v) is 15.6. The maximum Gasteiger partial charge on any atom is 0.192 e. The summed E-state index contributed by atoms with van der Waals surface area (Å²) >= 11 is 0. The number of carbonyl (C=O) groups excluding carboxylic acids is 1. The molecule has 1 aromatic carbocycles. The number of aldehydes is 1. The molecule has 2 rings (SSSR count). The van der Waals surface area contributed by atoms with Gasteiger partial charge in [0, 0.05) is 6.42 Å². The summed E-state index contributed by atoms with van der Waals surface area (Å²) in [5.41, 5.74) is 1.14. The van der Waals surface area contributed by atoms with Gasteiger partial charge in [-0.1, -0.05) is 51.1 Å². The molecule has 4 heteroatoms. The van der Waals surface area contributed by atoms with Gasteiger partial charge < -0.3 is 8.84 Å². The summed E-state index contributed by atoms with van der Waals surface area (Å²) in [6, 6.07) is 13.8. The minimum absolute atomic E-state index is 0.0669. The van der Waals surface area contributed by atoms with Gasteiger partial charge in [-0.05, 0) is 35.8 Å². The first-order valence-electron chi connectivity index (χ1n) is 7.99. The molecule has 0 saturated heterocycles. The zero-order chi connectivity index (χ0) is 17.1. The fraction of sp³-hybridized carbons (Fsp3) is 0.421. The summed E-state index contributed by atoms with van der Waals surface area (Å²) in [7, 11) is -1.92. The Hall–Kier alpha value is -1.65. The molecule has 0 bridgehead atoms. The molecule has 1 aromatic heterocycles. The van der Waals surface area contributed by atoms with Gasteiger partial charge in [-0.2, -0.15) is 0 Å². The second-order valence-corrected chi connectivity index (χ2v) is 12.2. The van der Waals surface area contributed by atoms with Crippen molar-refractivity contribution >= 4 is 14.6 Å². The average Bonchev–Trinajstić information content (AvgIpc) is 2.94. The fourth-order valence-corrected chi connectivity index (χ4v) is 3.46. The maximum atomic E-state index is 10.8. The van der Waals surface area contributed by atoms with E-state index < -0.39 is 8.32 Å². The van der Waals surface area contributed by atoms with Crippen molar-refractivity contribution in [2.45, 2.75) is 51.4 Å². The molecule has 0 N–H and O–H groups in total. The van der Waals surface area contributed by atoms with Gasteiger partial charge in [-0.3, -0.25) is 4.79 Å². The normalized spacial score (nSPS) is 13.8. The first-order valence-corrected chi connectivity index (χ1v) is 10.9. The van der Waals surface area contributed by atoms with Crippen LogP contribution in [0.3, 0.4) is 0 Å². The number of hydrogen-bond donors (Lipinski definition) is 0. The highest BCUT2D eigenvalue weighted by atomic mass is 28.4. The Kier molecular flexibility index (Phi) is 5.27. The largest absolute Gasteiger partial charge is 0.458 e. The molecule has 0 fully saturated rings. The molecule has 0 radical (unpaired) electrons. The molecule has 1 unspecified atom stereocenters. The van der Waals surface area contributed by atoms with Gasteiger partial charge >= 0.3 is 0 Å². The Bertz CT molecular complexity index is 638.